The molecule has 1 fully saturated rings. The largest absolute Gasteiger partial charge is 0.479 e. The van der Waals surface area contributed by atoms with Crippen molar-refractivity contribution in [3.8, 4) is 0 Å². The number of carbonyl (C=O) groups excluding carboxylic acids is 1. The summed E-state index contributed by atoms with van der Waals surface area (Å²) in [5, 5.41) is 11.8. The first kappa shape index (κ1) is 18.1. The zero-order chi connectivity index (χ0) is 18.5. The van der Waals surface area contributed by atoms with Crippen molar-refractivity contribution in [2.75, 3.05) is 0 Å². The minimum Gasteiger partial charge on any atom is -0.479 e. The molecule has 0 spiro atoms. The molecule has 1 aliphatic rings. The van der Waals surface area contributed by atoms with Gasteiger partial charge in [0.15, 0.2) is 6.10 Å². The third-order valence-electron chi connectivity index (χ3n) is 4.47. The van der Waals surface area contributed by atoms with Gasteiger partial charge < -0.3 is 15.2 Å². The summed E-state index contributed by atoms with van der Waals surface area (Å²) in [5.74, 6) is -1.89. The standard InChI is InChI=1S/C20H20FNO4/c21-15-9-5-4-8-14(15)16(12-13-6-2-1-3-7-13)22-19(23)17-10-11-18(26-17)20(24)25/h1-9,16-18H,10-12H2,(H,22,23)(H,24,25)/t16?,17-,18+/m0/s1. The molecule has 2 aromatic carbocycles. The molecule has 1 unspecified atom stereocenters. The summed E-state index contributed by atoms with van der Waals surface area (Å²) in [5.41, 5.74) is 1.34. The van der Waals surface area contributed by atoms with Crippen molar-refractivity contribution in [2.24, 2.45) is 0 Å². The Morgan fingerprint density at radius 2 is 1.73 bits per heavy atom. The van der Waals surface area contributed by atoms with Gasteiger partial charge in [0.25, 0.3) is 0 Å². The lowest BCUT2D eigenvalue weighted by atomic mass is 9.98. The summed E-state index contributed by atoms with van der Waals surface area (Å²) in [6.07, 6.45) is -0.759. The van der Waals surface area contributed by atoms with Crippen molar-refractivity contribution in [1.29, 1.82) is 0 Å². The second-order valence-corrected chi connectivity index (χ2v) is 6.30. The Morgan fingerprint density at radius 1 is 1.08 bits per heavy atom. The maximum absolute atomic E-state index is 14.3. The molecular formula is C20H20FNO4. The molecule has 136 valence electrons. The Labute approximate surface area is 150 Å². The number of aliphatic carboxylic acids is 1. The van der Waals surface area contributed by atoms with Gasteiger partial charge in [-0.2, -0.15) is 0 Å². The molecule has 1 heterocycles. The van der Waals surface area contributed by atoms with E-state index >= 15 is 0 Å². The van der Waals surface area contributed by atoms with Crippen LogP contribution in [0.5, 0.6) is 0 Å². The molecule has 2 aromatic rings. The molecule has 0 radical (unpaired) electrons. The summed E-state index contributed by atoms with van der Waals surface area (Å²) in [6.45, 7) is 0. The third-order valence-corrected chi connectivity index (χ3v) is 4.47. The molecular weight excluding hydrogens is 337 g/mol. The summed E-state index contributed by atoms with van der Waals surface area (Å²) >= 11 is 0. The van der Waals surface area contributed by atoms with Crippen LogP contribution in [0.4, 0.5) is 4.39 Å². The molecule has 1 aliphatic heterocycles. The number of ether oxygens (including phenoxy) is 1. The number of benzene rings is 2. The SMILES string of the molecule is O=C(NC(Cc1ccccc1)c1ccccc1F)[C@@H]1CC[C@H](C(=O)O)O1. The Morgan fingerprint density at radius 3 is 2.38 bits per heavy atom. The van der Waals surface area contributed by atoms with Gasteiger partial charge in [0.2, 0.25) is 5.91 Å². The zero-order valence-corrected chi connectivity index (χ0v) is 14.1. The lowest BCUT2D eigenvalue weighted by Crippen LogP contribution is -2.39. The van der Waals surface area contributed by atoms with Crippen molar-refractivity contribution in [3.05, 3.63) is 71.5 Å². The summed E-state index contributed by atoms with van der Waals surface area (Å²) < 4.78 is 19.6. The number of carboxylic acids is 1. The topological polar surface area (TPSA) is 75.6 Å². The van der Waals surface area contributed by atoms with E-state index in [1.807, 2.05) is 30.3 Å². The van der Waals surface area contributed by atoms with Gasteiger partial charge in [0.05, 0.1) is 6.04 Å². The Bertz CT molecular complexity index is 780. The third kappa shape index (κ3) is 4.26. The van der Waals surface area contributed by atoms with E-state index in [0.29, 0.717) is 18.4 Å². The summed E-state index contributed by atoms with van der Waals surface area (Å²) in [7, 11) is 0. The first-order valence-corrected chi connectivity index (χ1v) is 8.51. The lowest BCUT2D eigenvalue weighted by Gasteiger charge is -2.22. The van der Waals surface area contributed by atoms with Crippen LogP contribution in [-0.4, -0.2) is 29.2 Å². The number of halogens is 1. The van der Waals surface area contributed by atoms with Gasteiger partial charge >= 0.3 is 5.97 Å². The number of amides is 1. The van der Waals surface area contributed by atoms with E-state index in [-0.39, 0.29) is 6.42 Å². The zero-order valence-electron chi connectivity index (χ0n) is 14.1. The number of carbonyl (C=O) groups is 2. The Kier molecular flexibility index (Phi) is 5.63. The van der Waals surface area contributed by atoms with E-state index in [9.17, 15) is 14.0 Å². The number of hydrogen-bond donors (Lipinski definition) is 2. The van der Waals surface area contributed by atoms with Gasteiger partial charge in [-0.3, -0.25) is 4.79 Å². The number of nitrogens with one attached hydrogen (secondary N) is 1. The molecule has 5 nitrogen and oxygen atoms in total. The van der Waals surface area contributed by atoms with Gasteiger partial charge in [-0.15, -0.1) is 0 Å². The van der Waals surface area contributed by atoms with Gasteiger partial charge in [0.1, 0.15) is 11.9 Å². The molecule has 1 amide bonds. The second-order valence-electron chi connectivity index (χ2n) is 6.30. The second kappa shape index (κ2) is 8.10. The fraction of sp³-hybridized carbons (Fsp3) is 0.300. The van der Waals surface area contributed by atoms with Crippen LogP contribution < -0.4 is 5.32 Å². The van der Waals surface area contributed by atoms with E-state index in [1.54, 1.807) is 18.2 Å². The molecule has 0 aliphatic carbocycles. The predicted molar refractivity (Wildman–Crippen MR) is 93.0 cm³/mol. The lowest BCUT2D eigenvalue weighted by molar-refractivity contribution is -0.151. The molecule has 0 bridgehead atoms. The van der Waals surface area contributed by atoms with Crippen molar-refractivity contribution in [1.82, 2.24) is 5.32 Å². The minimum atomic E-state index is -1.07. The quantitative estimate of drug-likeness (QED) is 0.834. The average Bonchev–Trinajstić information content (AvgIpc) is 3.13. The van der Waals surface area contributed by atoms with Crippen LogP contribution in [0.25, 0.3) is 0 Å². The van der Waals surface area contributed by atoms with Crippen molar-refractivity contribution in [2.45, 2.75) is 37.5 Å². The maximum Gasteiger partial charge on any atom is 0.332 e. The highest BCUT2D eigenvalue weighted by molar-refractivity contribution is 5.83. The molecule has 26 heavy (non-hydrogen) atoms. The van der Waals surface area contributed by atoms with Crippen molar-refractivity contribution < 1.29 is 23.8 Å². The van der Waals surface area contributed by atoms with Crippen LogP contribution in [0.1, 0.15) is 30.0 Å². The molecule has 3 rings (SSSR count). The molecule has 0 aromatic heterocycles. The minimum absolute atomic E-state index is 0.288. The smallest absolute Gasteiger partial charge is 0.332 e. The van der Waals surface area contributed by atoms with E-state index < -0.39 is 35.9 Å². The normalized spacial score (nSPS) is 20.5. The highest BCUT2D eigenvalue weighted by Gasteiger charge is 2.35. The highest BCUT2D eigenvalue weighted by atomic mass is 19.1. The fourth-order valence-electron chi connectivity index (χ4n) is 3.12. The Balaban J connectivity index is 1.77. The highest BCUT2D eigenvalue weighted by Crippen LogP contribution is 2.24. The van der Waals surface area contributed by atoms with Gasteiger partial charge in [-0.05, 0) is 30.9 Å². The predicted octanol–water partition coefficient (Wildman–Crippen LogP) is 2.86. The number of hydrogen-bond acceptors (Lipinski definition) is 3. The molecule has 6 heteroatoms. The van der Waals surface area contributed by atoms with Crippen LogP contribution >= 0.6 is 0 Å². The van der Waals surface area contributed by atoms with E-state index in [1.165, 1.54) is 6.07 Å². The summed E-state index contributed by atoms with van der Waals surface area (Å²) in [6, 6.07) is 15.2. The van der Waals surface area contributed by atoms with Crippen LogP contribution in [0.3, 0.4) is 0 Å². The van der Waals surface area contributed by atoms with Gasteiger partial charge in [-0.25, -0.2) is 9.18 Å². The van der Waals surface area contributed by atoms with Crippen LogP contribution in [0, 0.1) is 5.82 Å². The molecule has 0 saturated carbocycles. The molecule has 2 N–H and O–H groups in total. The summed E-state index contributed by atoms with van der Waals surface area (Å²) in [4.78, 5) is 23.5. The van der Waals surface area contributed by atoms with Crippen molar-refractivity contribution >= 4 is 11.9 Å². The molecule has 1 saturated heterocycles. The molecule has 3 atom stereocenters. The Hall–Kier alpha value is -2.73. The van der Waals surface area contributed by atoms with Gasteiger partial charge in [-0.1, -0.05) is 48.5 Å². The van der Waals surface area contributed by atoms with Crippen LogP contribution in [0.2, 0.25) is 0 Å². The monoisotopic (exact) mass is 357 g/mol. The fourth-order valence-corrected chi connectivity index (χ4v) is 3.12. The van der Waals surface area contributed by atoms with Crippen LogP contribution in [-0.2, 0) is 20.7 Å². The van der Waals surface area contributed by atoms with Gasteiger partial charge in [0, 0.05) is 5.56 Å². The van der Waals surface area contributed by atoms with E-state index in [2.05, 4.69) is 5.32 Å². The maximum atomic E-state index is 14.3. The average molecular weight is 357 g/mol. The van der Waals surface area contributed by atoms with E-state index in [4.69, 9.17) is 9.84 Å². The first-order chi connectivity index (χ1) is 12.5. The first-order valence-electron chi connectivity index (χ1n) is 8.51. The number of rotatable bonds is 6. The number of carboxylic acid groups (broad SMARTS) is 1. The van der Waals surface area contributed by atoms with Crippen LogP contribution in [0.15, 0.2) is 54.6 Å². The van der Waals surface area contributed by atoms with Crippen molar-refractivity contribution in [3.63, 3.8) is 0 Å². The van der Waals surface area contributed by atoms with E-state index in [0.717, 1.165) is 5.56 Å².